The Bertz CT molecular complexity index is 958. The van der Waals surface area contributed by atoms with Crippen LogP contribution >= 0.6 is 0 Å². The number of ether oxygens (including phenoxy) is 2. The number of hydrogen-bond donors (Lipinski definition) is 1. The molecular weight excluding hydrogens is 384 g/mol. The molecule has 2 aliphatic rings. The topological polar surface area (TPSA) is 79.8 Å². The number of aromatic nitrogens is 2. The van der Waals surface area contributed by atoms with Gasteiger partial charge in [-0.25, -0.2) is 9.59 Å². The number of benzene rings is 1. The summed E-state index contributed by atoms with van der Waals surface area (Å²) in [5, 5.41) is 0. The van der Waals surface area contributed by atoms with Gasteiger partial charge in [0.2, 0.25) is 0 Å². The maximum Gasteiger partial charge on any atom is 0.409 e. The number of rotatable bonds is 5. The summed E-state index contributed by atoms with van der Waals surface area (Å²) in [6.45, 7) is 8.88. The van der Waals surface area contributed by atoms with Crippen LogP contribution in [-0.2, 0) is 4.74 Å². The fourth-order valence-corrected chi connectivity index (χ4v) is 4.90. The van der Waals surface area contributed by atoms with Crippen molar-refractivity contribution in [1.29, 1.82) is 0 Å². The van der Waals surface area contributed by atoms with Crippen LogP contribution in [0.2, 0.25) is 0 Å². The smallest absolute Gasteiger partial charge is 0.409 e. The number of piperidine rings is 1. The van der Waals surface area contributed by atoms with E-state index in [1.54, 1.807) is 7.11 Å². The van der Waals surface area contributed by atoms with E-state index in [0.717, 1.165) is 68.8 Å². The number of likely N-dealkylation sites (tertiary alicyclic amines) is 2. The van der Waals surface area contributed by atoms with Crippen molar-refractivity contribution in [1.82, 2.24) is 19.4 Å². The average molecular weight is 417 g/mol. The molecule has 30 heavy (non-hydrogen) atoms. The highest BCUT2D eigenvalue weighted by molar-refractivity contribution is 5.77. The lowest BCUT2D eigenvalue weighted by atomic mass is 9.80. The molecule has 1 amide bonds. The van der Waals surface area contributed by atoms with Crippen LogP contribution in [0.25, 0.3) is 11.0 Å². The Morgan fingerprint density at radius 3 is 2.73 bits per heavy atom. The Hall–Kier alpha value is -2.48. The van der Waals surface area contributed by atoms with E-state index in [9.17, 15) is 9.59 Å². The average Bonchev–Trinajstić information content (AvgIpc) is 3.30. The number of H-pyrrole nitrogens is 1. The molecule has 4 rings (SSSR count). The Kier molecular flexibility index (Phi) is 5.77. The number of aromatic amines is 1. The third-order valence-electron chi connectivity index (χ3n) is 6.64. The molecule has 2 aromatic rings. The molecule has 0 saturated carbocycles. The number of methoxy groups -OCH3 is 1. The first-order valence-corrected chi connectivity index (χ1v) is 10.8. The first kappa shape index (κ1) is 20.8. The molecule has 0 aliphatic carbocycles. The Morgan fingerprint density at radius 1 is 1.27 bits per heavy atom. The van der Waals surface area contributed by atoms with Gasteiger partial charge < -0.3 is 24.3 Å². The quantitative estimate of drug-likeness (QED) is 0.811. The van der Waals surface area contributed by atoms with Gasteiger partial charge in [0.15, 0.2) is 0 Å². The number of carbonyl (C=O) groups excluding carboxylic acids is 1. The molecule has 0 bridgehead atoms. The molecule has 0 spiro atoms. The lowest BCUT2D eigenvalue weighted by Crippen LogP contribution is -2.46. The van der Waals surface area contributed by atoms with Gasteiger partial charge in [0.1, 0.15) is 5.75 Å². The summed E-state index contributed by atoms with van der Waals surface area (Å²) in [7, 11) is 1.64. The molecule has 0 unspecified atom stereocenters. The van der Waals surface area contributed by atoms with Crippen LogP contribution < -0.4 is 10.4 Å². The molecule has 1 aromatic heterocycles. The molecule has 3 heterocycles. The molecule has 0 radical (unpaired) electrons. The highest BCUT2D eigenvalue weighted by Crippen LogP contribution is 2.35. The molecule has 2 aliphatic heterocycles. The number of carbonyl (C=O) groups is 1. The SMILES string of the molecule is CCOC(=O)N1CCC(C)(CN2CC[C@H](n3c(=O)[nH]c4ccc(OC)cc43)C2)CC1. The number of fused-ring (bicyclic) bond motifs is 1. The summed E-state index contributed by atoms with van der Waals surface area (Å²) in [4.78, 5) is 31.9. The van der Waals surface area contributed by atoms with Crippen LogP contribution in [0.15, 0.2) is 23.0 Å². The van der Waals surface area contributed by atoms with Crippen molar-refractivity contribution < 1.29 is 14.3 Å². The highest BCUT2D eigenvalue weighted by atomic mass is 16.6. The molecule has 164 valence electrons. The van der Waals surface area contributed by atoms with Crippen LogP contribution in [0.4, 0.5) is 4.79 Å². The van der Waals surface area contributed by atoms with Crippen molar-refractivity contribution >= 4 is 17.1 Å². The van der Waals surface area contributed by atoms with Crippen molar-refractivity contribution in [3.63, 3.8) is 0 Å². The minimum absolute atomic E-state index is 0.0564. The molecule has 2 saturated heterocycles. The van der Waals surface area contributed by atoms with Crippen LogP contribution in [0.3, 0.4) is 0 Å². The third-order valence-corrected chi connectivity index (χ3v) is 6.64. The molecule has 1 aromatic carbocycles. The van der Waals surface area contributed by atoms with Gasteiger partial charge >= 0.3 is 11.8 Å². The van der Waals surface area contributed by atoms with E-state index in [1.165, 1.54) is 0 Å². The maximum atomic E-state index is 12.6. The van der Waals surface area contributed by atoms with Crippen LogP contribution in [0, 0.1) is 5.41 Å². The van der Waals surface area contributed by atoms with Crippen LogP contribution in [0.5, 0.6) is 5.75 Å². The van der Waals surface area contributed by atoms with Gasteiger partial charge in [0, 0.05) is 38.8 Å². The standard InChI is InChI=1S/C22H32N4O4/c1-4-30-21(28)25-11-8-22(2,9-12-25)15-24-10-7-16(14-24)26-19-13-17(29-3)5-6-18(19)23-20(26)27/h5-6,13,16H,4,7-12,14-15H2,1-3H3,(H,23,27)/t16-/m0/s1. The largest absolute Gasteiger partial charge is 0.497 e. The Morgan fingerprint density at radius 2 is 2.03 bits per heavy atom. The van der Waals surface area contributed by atoms with Crippen LogP contribution in [0.1, 0.15) is 39.2 Å². The second-order valence-electron chi connectivity index (χ2n) is 8.86. The molecular formula is C22H32N4O4. The fraction of sp³-hybridized carbons (Fsp3) is 0.636. The summed E-state index contributed by atoms with van der Waals surface area (Å²) in [5.41, 5.74) is 1.86. The van der Waals surface area contributed by atoms with E-state index in [2.05, 4.69) is 16.8 Å². The van der Waals surface area contributed by atoms with Gasteiger partial charge in [-0.2, -0.15) is 0 Å². The van der Waals surface area contributed by atoms with Gasteiger partial charge in [-0.1, -0.05) is 6.92 Å². The number of imidazole rings is 1. The summed E-state index contributed by atoms with van der Waals surface area (Å²) in [6.07, 6.45) is 2.69. The number of hydrogen-bond acceptors (Lipinski definition) is 5. The molecule has 8 nitrogen and oxygen atoms in total. The monoisotopic (exact) mass is 416 g/mol. The normalized spacial score (nSPS) is 21.8. The molecule has 8 heteroatoms. The van der Waals surface area contributed by atoms with E-state index in [4.69, 9.17) is 9.47 Å². The van der Waals surface area contributed by atoms with Gasteiger partial charge in [0.25, 0.3) is 0 Å². The van der Waals surface area contributed by atoms with Crippen molar-refractivity contribution in [3.05, 3.63) is 28.7 Å². The summed E-state index contributed by atoms with van der Waals surface area (Å²) >= 11 is 0. The summed E-state index contributed by atoms with van der Waals surface area (Å²) in [6, 6.07) is 5.86. The zero-order valence-electron chi connectivity index (χ0n) is 18.1. The van der Waals surface area contributed by atoms with Gasteiger partial charge in [-0.3, -0.25) is 4.57 Å². The zero-order valence-corrected chi connectivity index (χ0v) is 18.1. The van der Waals surface area contributed by atoms with E-state index in [-0.39, 0.29) is 23.2 Å². The van der Waals surface area contributed by atoms with Crippen molar-refractivity contribution in [2.24, 2.45) is 5.41 Å². The summed E-state index contributed by atoms with van der Waals surface area (Å²) in [5.74, 6) is 0.756. The van der Waals surface area contributed by atoms with Gasteiger partial charge in [-0.05, 0) is 43.7 Å². The minimum Gasteiger partial charge on any atom is -0.497 e. The predicted molar refractivity (Wildman–Crippen MR) is 115 cm³/mol. The lowest BCUT2D eigenvalue weighted by molar-refractivity contribution is 0.0599. The molecule has 2 fully saturated rings. The van der Waals surface area contributed by atoms with Gasteiger partial charge in [0.05, 0.1) is 30.8 Å². The van der Waals surface area contributed by atoms with E-state index in [1.807, 2.05) is 34.6 Å². The first-order valence-electron chi connectivity index (χ1n) is 10.8. The Balaban J connectivity index is 1.41. The lowest BCUT2D eigenvalue weighted by Gasteiger charge is -2.41. The Labute approximate surface area is 176 Å². The molecule has 1 N–H and O–H groups in total. The highest BCUT2D eigenvalue weighted by Gasteiger charge is 2.36. The van der Waals surface area contributed by atoms with Crippen LogP contribution in [-0.4, -0.2) is 71.9 Å². The summed E-state index contributed by atoms with van der Waals surface area (Å²) < 4.78 is 12.4. The second-order valence-corrected chi connectivity index (χ2v) is 8.86. The van der Waals surface area contributed by atoms with E-state index >= 15 is 0 Å². The number of amides is 1. The zero-order chi connectivity index (χ0) is 21.3. The number of nitrogens with zero attached hydrogens (tertiary/aromatic N) is 3. The van der Waals surface area contributed by atoms with E-state index in [0.29, 0.717) is 6.61 Å². The second kappa shape index (κ2) is 8.34. The molecule has 1 atom stereocenters. The van der Waals surface area contributed by atoms with Crippen molar-refractivity contribution in [2.45, 2.75) is 39.2 Å². The van der Waals surface area contributed by atoms with E-state index < -0.39 is 0 Å². The fourth-order valence-electron chi connectivity index (χ4n) is 4.90. The first-order chi connectivity index (χ1) is 14.4. The van der Waals surface area contributed by atoms with Crippen molar-refractivity contribution in [2.75, 3.05) is 46.4 Å². The number of nitrogens with one attached hydrogen (secondary N) is 1. The van der Waals surface area contributed by atoms with Crippen molar-refractivity contribution in [3.8, 4) is 5.75 Å². The predicted octanol–water partition coefficient (Wildman–Crippen LogP) is 2.84. The minimum atomic E-state index is -0.199. The third kappa shape index (κ3) is 4.05. The van der Waals surface area contributed by atoms with Gasteiger partial charge in [-0.15, -0.1) is 0 Å². The maximum absolute atomic E-state index is 12.6.